The number of carbonyl (C=O) groups excluding carboxylic acids is 2. The summed E-state index contributed by atoms with van der Waals surface area (Å²) in [4.78, 5) is 24.4. The fourth-order valence-electron chi connectivity index (χ4n) is 7.56. The Kier molecular flexibility index (Phi) is 47.7. The van der Waals surface area contributed by atoms with Crippen LogP contribution in [0.25, 0.3) is 0 Å². The Morgan fingerprint density at radius 2 is 0.833 bits per heavy atom. The average Bonchev–Trinajstić information content (AvgIpc) is 3.25. The van der Waals surface area contributed by atoms with E-state index in [-0.39, 0.29) is 18.5 Å². The van der Waals surface area contributed by atoms with Crippen molar-refractivity contribution in [3.05, 3.63) is 48.6 Å². The normalized spacial score (nSPS) is 13.1. The van der Waals surface area contributed by atoms with Gasteiger partial charge < -0.3 is 20.3 Å². The highest BCUT2D eigenvalue weighted by Crippen LogP contribution is 2.14. The SMILES string of the molecule is CCCCCCC/C=C\CCCCCCCC(=O)OCCCCC/C=C\C=C/CCCCCCCCC(=O)NC(CO)C(O)/C=C/CCCCCCCCCCCCCC. The van der Waals surface area contributed by atoms with Crippen molar-refractivity contribution in [2.24, 2.45) is 0 Å². The second-order valence-corrected chi connectivity index (χ2v) is 17.5. The number of esters is 1. The maximum Gasteiger partial charge on any atom is 0.305 e. The number of amides is 1. The summed E-state index contributed by atoms with van der Waals surface area (Å²) < 4.78 is 5.43. The first kappa shape index (κ1) is 57.8. The molecule has 6 heteroatoms. The van der Waals surface area contributed by atoms with E-state index in [2.05, 4.69) is 55.6 Å². The number of allylic oxidation sites excluding steroid dienone is 7. The van der Waals surface area contributed by atoms with Crippen LogP contribution in [0.5, 0.6) is 0 Å². The molecule has 0 aromatic carbocycles. The Morgan fingerprint density at radius 1 is 0.467 bits per heavy atom. The van der Waals surface area contributed by atoms with Crippen LogP contribution in [-0.2, 0) is 14.3 Å². The van der Waals surface area contributed by atoms with E-state index >= 15 is 0 Å². The molecule has 0 aromatic heterocycles. The van der Waals surface area contributed by atoms with Gasteiger partial charge in [-0.2, -0.15) is 0 Å². The van der Waals surface area contributed by atoms with Crippen LogP contribution in [0.1, 0.15) is 258 Å². The van der Waals surface area contributed by atoms with Gasteiger partial charge in [-0.05, 0) is 89.9 Å². The lowest BCUT2D eigenvalue weighted by Crippen LogP contribution is -2.45. The number of hydrogen-bond acceptors (Lipinski definition) is 5. The second-order valence-electron chi connectivity index (χ2n) is 17.5. The molecule has 6 nitrogen and oxygen atoms in total. The van der Waals surface area contributed by atoms with Crippen molar-refractivity contribution in [2.45, 2.75) is 270 Å². The van der Waals surface area contributed by atoms with Gasteiger partial charge in [-0.1, -0.05) is 204 Å². The molecule has 1 amide bonds. The smallest absolute Gasteiger partial charge is 0.305 e. The van der Waals surface area contributed by atoms with E-state index in [9.17, 15) is 19.8 Å². The summed E-state index contributed by atoms with van der Waals surface area (Å²) in [7, 11) is 0. The number of aliphatic hydroxyl groups excluding tert-OH is 2. The Morgan fingerprint density at radius 3 is 1.28 bits per heavy atom. The molecule has 0 aliphatic heterocycles. The molecule has 0 aromatic rings. The minimum Gasteiger partial charge on any atom is -0.466 e. The molecule has 0 bridgehead atoms. The fourth-order valence-corrected chi connectivity index (χ4v) is 7.56. The van der Waals surface area contributed by atoms with Crippen molar-refractivity contribution in [3.8, 4) is 0 Å². The van der Waals surface area contributed by atoms with Crippen molar-refractivity contribution in [1.29, 1.82) is 0 Å². The van der Waals surface area contributed by atoms with Gasteiger partial charge in [0.2, 0.25) is 5.91 Å². The first-order valence-corrected chi connectivity index (χ1v) is 25.9. The zero-order chi connectivity index (χ0) is 43.7. The maximum atomic E-state index is 12.4. The number of unbranched alkanes of at least 4 members (excludes halogenated alkanes) is 31. The van der Waals surface area contributed by atoms with Gasteiger partial charge in [0.1, 0.15) is 0 Å². The molecule has 0 aliphatic carbocycles. The molecule has 350 valence electrons. The van der Waals surface area contributed by atoms with E-state index in [1.165, 1.54) is 154 Å². The van der Waals surface area contributed by atoms with Gasteiger partial charge in [-0.25, -0.2) is 0 Å². The predicted molar refractivity (Wildman–Crippen MR) is 259 cm³/mol. The first-order chi connectivity index (χ1) is 29.5. The number of rotatable bonds is 47. The van der Waals surface area contributed by atoms with Crippen molar-refractivity contribution in [1.82, 2.24) is 5.32 Å². The van der Waals surface area contributed by atoms with E-state index in [1.807, 2.05) is 6.08 Å². The molecule has 60 heavy (non-hydrogen) atoms. The molecule has 0 saturated heterocycles. The van der Waals surface area contributed by atoms with Crippen molar-refractivity contribution in [2.75, 3.05) is 13.2 Å². The largest absolute Gasteiger partial charge is 0.466 e. The summed E-state index contributed by atoms with van der Waals surface area (Å²) >= 11 is 0. The van der Waals surface area contributed by atoms with Crippen LogP contribution < -0.4 is 5.32 Å². The quantitative estimate of drug-likeness (QED) is 0.0245. The predicted octanol–water partition coefficient (Wildman–Crippen LogP) is 15.5. The lowest BCUT2D eigenvalue weighted by atomic mass is 10.0. The molecule has 0 spiro atoms. The highest BCUT2D eigenvalue weighted by molar-refractivity contribution is 5.76. The van der Waals surface area contributed by atoms with E-state index in [0.717, 1.165) is 77.0 Å². The average molecular weight is 842 g/mol. The first-order valence-electron chi connectivity index (χ1n) is 25.9. The summed E-state index contributed by atoms with van der Waals surface area (Å²) in [6, 6.07) is -0.645. The van der Waals surface area contributed by atoms with Crippen LogP contribution in [0.15, 0.2) is 48.6 Å². The molecule has 0 radical (unpaired) electrons. The van der Waals surface area contributed by atoms with Gasteiger partial charge in [0, 0.05) is 12.8 Å². The Balaban J connectivity index is 3.57. The third-order valence-electron chi connectivity index (χ3n) is 11.6. The zero-order valence-electron chi connectivity index (χ0n) is 39.7. The third kappa shape index (κ3) is 45.3. The van der Waals surface area contributed by atoms with Crippen molar-refractivity contribution < 1.29 is 24.5 Å². The van der Waals surface area contributed by atoms with Crippen LogP contribution in [0.4, 0.5) is 0 Å². The van der Waals surface area contributed by atoms with Gasteiger partial charge >= 0.3 is 5.97 Å². The molecule has 2 atom stereocenters. The fraction of sp³-hybridized carbons (Fsp3) is 0.815. The van der Waals surface area contributed by atoms with Gasteiger partial charge in [-0.3, -0.25) is 9.59 Å². The number of hydrogen-bond donors (Lipinski definition) is 3. The highest BCUT2D eigenvalue weighted by atomic mass is 16.5. The molecule has 0 aliphatic rings. The molecule has 2 unspecified atom stereocenters. The maximum absolute atomic E-state index is 12.4. The third-order valence-corrected chi connectivity index (χ3v) is 11.6. The van der Waals surface area contributed by atoms with E-state index in [1.54, 1.807) is 6.08 Å². The number of carbonyl (C=O) groups is 2. The number of nitrogens with one attached hydrogen (secondary N) is 1. The molecule has 0 fully saturated rings. The Labute approximate surface area is 372 Å². The Hall–Kier alpha value is -2.18. The van der Waals surface area contributed by atoms with Crippen LogP contribution >= 0.6 is 0 Å². The summed E-state index contributed by atoms with van der Waals surface area (Å²) in [5.74, 6) is -0.124. The summed E-state index contributed by atoms with van der Waals surface area (Å²) in [5, 5.41) is 23.0. The van der Waals surface area contributed by atoms with E-state index in [4.69, 9.17) is 4.74 Å². The molecular formula is C54H99NO5. The summed E-state index contributed by atoms with van der Waals surface area (Å²) in [6.07, 6.45) is 61.1. The van der Waals surface area contributed by atoms with Crippen LogP contribution in [0, 0.1) is 0 Å². The van der Waals surface area contributed by atoms with Crippen LogP contribution in [-0.4, -0.2) is 47.4 Å². The van der Waals surface area contributed by atoms with Gasteiger partial charge in [0.15, 0.2) is 0 Å². The summed E-state index contributed by atoms with van der Waals surface area (Å²) in [5.41, 5.74) is 0. The second kappa shape index (κ2) is 49.5. The molecular weight excluding hydrogens is 743 g/mol. The topological polar surface area (TPSA) is 95.9 Å². The molecule has 3 N–H and O–H groups in total. The minimum absolute atomic E-state index is 0.0323. The van der Waals surface area contributed by atoms with Crippen molar-refractivity contribution >= 4 is 11.9 Å². The minimum atomic E-state index is -0.859. The van der Waals surface area contributed by atoms with Gasteiger partial charge in [0.25, 0.3) is 0 Å². The number of aliphatic hydroxyl groups is 2. The summed E-state index contributed by atoms with van der Waals surface area (Å²) in [6.45, 7) is 4.82. The lowest BCUT2D eigenvalue weighted by Gasteiger charge is -2.20. The van der Waals surface area contributed by atoms with Crippen LogP contribution in [0.2, 0.25) is 0 Å². The highest BCUT2D eigenvalue weighted by Gasteiger charge is 2.18. The van der Waals surface area contributed by atoms with Gasteiger partial charge in [0.05, 0.1) is 25.4 Å². The molecule has 0 rings (SSSR count). The Bertz CT molecular complexity index is 1020. The van der Waals surface area contributed by atoms with E-state index in [0.29, 0.717) is 19.4 Å². The lowest BCUT2D eigenvalue weighted by molar-refractivity contribution is -0.143. The zero-order valence-corrected chi connectivity index (χ0v) is 39.7. The van der Waals surface area contributed by atoms with Crippen molar-refractivity contribution in [3.63, 3.8) is 0 Å². The van der Waals surface area contributed by atoms with E-state index < -0.39 is 12.1 Å². The molecule has 0 heterocycles. The number of ether oxygens (including phenoxy) is 1. The monoisotopic (exact) mass is 842 g/mol. The molecule has 0 saturated carbocycles. The van der Waals surface area contributed by atoms with Gasteiger partial charge in [-0.15, -0.1) is 0 Å². The standard InChI is InChI=1S/C54H99NO5/c1-3-5-7-9-11-13-15-17-22-26-30-34-38-42-46-52(57)51(50-56)55-53(58)47-43-39-35-31-27-23-20-19-21-25-29-33-37-41-45-49-60-54(59)48-44-40-36-32-28-24-18-16-14-12-10-8-6-4-2/h16,18-19,21,25,29,42,46,51-52,56-57H,3-15,17,20,22-24,26-28,30-41,43-45,47-50H2,1-2H3,(H,55,58)/b18-16-,21-19-,29-25-,46-42+. The van der Waals surface area contributed by atoms with Crippen LogP contribution in [0.3, 0.4) is 0 Å².